The fourth-order valence-electron chi connectivity index (χ4n) is 2.53. The minimum absolute atomic E-state index is 0.0105. The summed E-state index contributed by atoms with van der Waals surface area (Å²) < 4.78 is 10.7. The van der Waals surface area contributed by atoms with Crippen LogP contribution in [0.2, 0.25) is 0 Å². The van der Waals surface area contributed by atoms with Crippen LogP contribution in [-0.2, 0) is 0 Å². The molecule has 0 spiro atoms. The number of carbonyl (C=O) groups is 1. The highest BCUT2D eigenvalue weighted by Crippen LogP contribution is 2.32. The Morgan fingerprint density at radius 1 is 1.14 bits per heavy atom. The van der Waals surface area contributed by atoms with E-state index >= 15 is 0 Å². The zero-order valence-corrected chi connectivity index (χ0v) is 13.8. The molecule has 0 bridgehead atoms. The Balaban J connectivity index is 2.01. The van der Waals surface area contributed by atoms with Gasteiger partial charge >= 0.3 is 6.03 Å². The molecule has 1 aromatic carbocycles. The standard InChI is InChI=1S/C16H25N3O3/c1-12(2)17-16(20)19-9-7-18(8-10-19)14-6-5-13(21-3)11-15(14)22-4/h5-6,11-12H,7-10H2,1-4H3,(H,17,20). The van der Waals surface area contributed by atoms with Gasteiger partial charge in [0.05, 0.1) is 19.9 Å². The Kier molecular flexibility index (Phi) is 5.35. The van der Waals surface area contributed by atoms with Crippen LogP contribution in [0.1, 0.15) is 13.8 Å². The molecule has 1 fully saturated rings. The topological polar surface area (TPSA) is 54.0 Å². The van der Waals surface area contributed by atoms with Gasteiger partial charge in [-0.3, -0.25) is 0 Å². The van der Waals surface area contributed by atoms with Crippen molar-refractivity contribution in [1.29, 1.82) is 0 Å². The number of methoxy groups -OCH3 is 2. The average molecular weight is 307 g/mol. The van der Waals surface area contributed by atoms with Gasteiger partial charge in [0.1, 0.15) is 11.5 Å². The molecule has 2 amide bonds. The molecule has 2 rings (SSSR count). The van der Waals surface area contributed by atoms with Crippen LogP contribution < -0.4 is 19.7 Å². The van der Waals surface area contributed by atoms with E-state index in [1.807, 2.05) is 36.9 Å². The van der Waals surface area contributed by atoms with Gasteiger partial charge in [-0.05, 0) is 26.0 Å². The predicted molar refractivity (Wildman–Crippen MR) is 87.0 cm³/mol. The molecule has 0 aromatic heterocycles. The van der Waals surface area contributed by atoms with E-state index in [0.717, 1.165) is 30.3 Å². The largest absolute Gasteiger partial charge is 0.497 e. The highest BCUT2D eigenvalue weighted by molar-refractivity contribution is 5.75. The lowest BCUT2D eigenvalue weighted by Gasteiger charge is -2.36. The second-order valence-electron chi connectivity index (χ2n) is 5.62. The number of amides is 2. The Morgan fingerprint density at radius 3 is 2.36 bits per heavy atom. The SMILES string of the molecule is COc1ccc(N2CCN(C(=O)NC(C)C)CC2)c(OC)c1. The number of rotatable bonds is 4. The maximum Gasteiger partial charge on any atom is 0.317 e. The van der Waals surface area contributed by atoms with Gasteiger partial charge in [-0.1, -0.05) is 0 Å². The smallest absolute Gasteiger partial charge is 0.317 e. The molecule has 1 aliphatic rings. The van der Waals surface area contributed by atoms with Crippen LogP contribution in [0.25, 0.3) is 0 Å². The lowest BCUT2D eigenvalue weighted by Crippen LogP contribution is -2.53. The molecule has 1 heterocycles. The summed E-state index contributed by atoms with van der Waals surface area (Å²) in [5.74, 6) is 1.56. The molecular weight excluding hydrogens is 282 g/mol. The highest BCUT2D eigenvalue weighted by atomic mass is 16.5. The third-order valence-electron chi connectivity index (χ3n) is 3.71. The van der Waals surface area contributed by atoms with Crippen molar-refractivity contribution in [3.05, 3.63) is 18.2 Å². The van der Waals surface area contributed by atoms with Crippen molar-refractivity contribution in [3.63, 3.8) is 0 Å². The molecule has 122 valence electrons. The molecular formula is C16H25N3O3. The second-order valence-corrected chi connectivity index (χ2v) is 5.62. The van der Waals surface area contributed by atoms with Crippen molar-refractivity contribution in [2.24, 2.45) is 0 Å². The maximum absolute atomic E-state index is 12.0. The number of anilines is 1. The molecule has 0 radical (unpaired) electrons. The molecule has 1 aliphatic heterocycles. The third-order valence-corrected chi connectivity index (χ3v) is 3.71. The zero-order valence-electron chi connectivity index (χ0n) is 13.8. The molecule has 6 nitrogen and oxygen atoms in total. The molecule has 0 atom stereocenters. The number of ether oxygens (including phenoxy) is 2. The van der Waals surface area contributed by atoms with Gasteiger partial charge in [0.15, 0.2) is 0 Å². The Hall–Kier alpha value is -2.11. The quantitative estimate of drug-likeness (QED) is 0.924. The Labute approximate surface area is 132 Å². The van der Waals surface area contributed by atoms with Gasteiger partial charge < -0.3 is 24.6 Å². The van der Waals surface area contributed by atoms with E-state index in [-0.39, 0.29) is 12.1 Å². The fourth-order valence-corrected chi connectivity index (χ4v) is 2.53. The summed E-state index contributed by atoms with van der Waals surface area (Å²) in [6.45, 7) is 6.91. The summed E-state index contributed by atoms with van der Waals surface area (Å²) in [5.41, 5.74) is 1.03. The Morgan fingerprint density at radius 2 is 1.82 bits per heavy atom. The van der Waals surface area contributed by atoms with Crippen LogP contribution in [0, 0.1) is 0 Å². The number of hydrogen-bond donors (Lipinski definition) is 1. The first-order chi connectivity index (χ1) is 10.5. The molecule has 0 aliphatic carbocycles. The van der Waals surface area contributed by atoms with Gasteiger partial charge in [0, 0.05) is 38.3 Å². The van der Waals surface area contributed by atoms with Crippen LogP contribution in [0.4, 0.5) is 10.5 Å². The first kappa shape index (κ1) is 16.3. The van der Waals surface area contributed by atoms with E-state index < -0.39 is 0 Å². The van der Waals surface area contributed by atoms with Crippen molar-refractivity contribution in [2.75, 3.05) is 45.3 Å². The van der Waals surface area contributed by atoms with Crippen LogP contribution >= 0.6 is 0 Å². The summed E-state index contributed by atoms with van der Waals surface area (Å²) in [5, 5.41) is 2.93. The number of hydrogen-bond acceptors (Lipinski definition) is 4. The van der Waals surface area contributed by atoms with E-state index in [0.29, 0.717) is 13.1 Å². The molecule has 0 saturated carbocycles. The van der Waals surface area contributed by atoms with E-state index in [1.54, 1.807) is 14.2 Å². The van der Waals surface area contributed by atoms with Crippen molar-refractivity contribution in [3.8, 4) is 11.5 Å². The molecule has 0 unspecified atom stereocenters. The lowest BCUT2D eigenvalue weighted by atomic mass is 10.2. The summed E-state index contributed by atoms with van der Waals surface area (Å²) in [6, 6.07) is 5.98. The first-order valence-corrected chi connectivity index (χ1v) is 7.57. The van der Waals surface area contributed by atoms with Gasteiger partial charge in [0.25, 0.3) is 0 Å². The van der Waals surface area contributed by atoms with Crippen molar-refractivity contribution in [2.45, 2.75) is 19.9 Å². The molecule has 6 heteroatoms. The van der Waals surface area contributed by atoms with Crippen LogP contribution in [0.3, 0.4) is 0 Å². The number of nitrogens with one attached hydrogen (secondary N) is 1. The first-order valence-electron chi connectivity index (χ1n) is 7.57. The number of piperazine rings is 1. The summed E-state index contributed by atoms with van der Waals surface area (Å²) in [7, 11) is 3.30. The average Bonchev–Trinajstić information content (AvgIpc) is 2.53. The zero-order chi connectivity index (χ0) is 16.1. The van der Waals surface area contributed by atoms with Gasteiger partial charge in [-0.15, -0.1) is 0 Å². The minimum Gasteiger partial charge on any atom is -0.497 e. The van der Waals surface area contributed by atoms with E-state index in [1.165, 1.54) is 0 Å². The maximum atomic E-state index is 12.0. The van der Waals surface area contributed by atoms with E-state index in [2.05, 4.69) is 10.2 Å². The molecule has 1 N–H and O–H groups in total. The second kappa shape index (κ2) is 7.24. The predicted octanol–water partition coefficient (Wildman–Crippen LogP) is 1.94. The van der Waals surface area contributed by atoms with Crippen molar-refractivity contribution in [1.82, 2.24) is 10.2 Å². The molecule has 22 heavy (non-hydrogen) atoms. The summed E-state index contributed by atoms with van der Waals surface area (Å²) in [4.78, 5) is 16.1. The summed E-state index contributed by atoms with van der Waals surface area (Å²) in [6.07, 6.45) is 0. The minimum atomic E-state index is 0.0105. The number of nitrogens with zero attached hydrogens (tertiary/aromatic N) is 2. The third kappa shape index (κ3) is 3.75. The van der Waals surface area contributed by atoms with Crippen LogP contribution in [-0.4, -0.2) is 57.4 Å². The monoisotopic (exact) mass is 307 g/mol. The fraction of sp³-hybridized carbons (Fsp3) is 0.562. The van der Waals surface area contributed by atoms with Crippen molar-refractivity contribution < 1.29 is 14.3 Å². The normalized spacial score (nSPS) is 15.0. The van der Waals surface area contributed by atoms with Gasteiger partial charge in [-0.2, -0.15) is 0 Å². The number of urea groups is 1. The number of benzene rings is 1. The van der Waals surface area contributed by atoms with E-state index in [4.69, 9.17) is 9.47 Å². The van der Waals surface area contributed by atoms with Gasteiger partial charge in [-0.25, -0.2) is 4.79 Å². The Bertz CT molecular complexity index is 511. The van der Waals surface area contributed by atoms with Crippen LogP contribution in [0.15, 0.2) is 18.2 Å². The lowest BCUT2D eigenvalue weighted by molar-refractivity contribution is 0.191. The molecule has 1 saturated heterocycles. The molecule has 1 aromatic rings. The van der Waals surface area contributed by atoms with Crippen molar-refractivity contribution >= 4 is 11.7 Å². The van der Waals surface area contributed by atoms with E-state index in [9.17, 15) is 4.79 Å². The number of carbonyl (C=O) groups excluding carboxylic acids is 1. The van der Waals surface area contributed by atoms with Gasteiger partial charge in [0.2, 0.25) is 0 Å². The summed E-state index contributed by atoms with van der Waals surface area (Å²) >= 11 is 0. The van der Waals surface area contributed by atoms with Crippen LogP contribution in [0.5, 0.6) is 11.5 Å². The highest BCUT2D eigenvalue weighted by Gasteiger charge is 2.23.